The number of nitrogens with two attached hydrogens (primary N) is 1. The summed E-state index contributed by atoms with van der Waals surface area (Å²) in [5.74, 6) is -2.45. The molecule has 3 N–H and O–H groups in total. The minimum atomic E-state index is -3.19. The smallest absolute Gasteiger partial charge is 0.277 e. The molecule has 0 bridgehead atoms. The molecule has 0 rings (SSSR count). The van der Waals surface area contributed by atoms with E-state index in [2.05, 4.69) is 4.28 Å². The Kier molecular flexibility index (Phi) is 6.21. The van der Waals surface area contributed by atoms with Crippen LogP contribution >= 0.6 is 11.6 Å². The summed E-state index contributed by atoms with van der Waals surface area (Å²) < 4.78 is 23.8. The number of nitrogens with one attached hydrogen (secondary N) is 1. The Hall–Kier alpha value is -0.860. The van der Waals surface area contributed by atoms with Crippen molar-refractivity contribution >= 4 is 34.4 Å². The average molecular weight is 259 g/mol. The van der Waals surface area contributed by atoms with E-state index < -0.39 is 34.1 Å². The van der Waals surface area contributed by atoms with Crippen molar-refractivity contribution in [3.05, 3.63) is 0 Å². The number of rotatable bonds is 6. The molecule has 0 fully saturated rings. The lowest BCUT2D eigenvalue weighted by molar-refractivity contribution is -0.134. The van der Waals surface area contributed by atoms with Crippen LogP contribution in [0.5, 0.6) is 0 Å². The van der Waals surface area contributed by atoms with Crippen LogP contribution in [0.3, 0.4) is 0 Å². The van der Waals surface area contributed by atoms with Crippen LogP contribution in [0.2, 0.25) is 0 Å². The van der Waals surface area contributed by atoms with E-state index >= 15 is 0 Å². The largest absolute Gasteiger partial charge is 0.370 e. The van der Waals surface area contributed by atoms with Crippen molar-refractivity contribution in [2.45, 2.75) is 18.7 Å². The molecule has 0 aromatic carbocycles. The van der Waals surface area contributed by atoms with Gasteiger partial charge in [-0.15, -0.1) is 11.6 Å². The number of carbonyl (C=O) groups is 2. The lowest BCUT2D eigenvalue weighted by atomic mass is 10.0. The monoisotopic (exact) mass is 258 g/mol. The third-order valence-corrected chi connectivity index (χ3v) is 2.08. The van der Waals surface area contributed by atoms with E-state index in [4.69, 9.17) is 17.3 Å². The fraction of sp³-hybridized carbons (Fsp3) is 0.667. The molecule has 0 saturated heterocycles. The van der Waals surface area contributed by atoms with Crippen LogP contribution in [0, 0.1) is 5.92 Å². The Morgan fingerprint density at radius 1 is 1.53 bits per heavy atom. The van der Waals surface area contributed by atoms with E-state index in [0.717, 1.165) is 0 Å². The van der Waals surface area contributed by atoms with Gasteiger partial charge in [0.25, 0.3) is 11.0 Å². The van der Waals surface area contributed by atoms with Gasteiger partial charge in [-0.3, -0.25) is 9.59 Å². The summed E-state index contributed by atoms with van der Waals surface area (Å²) in [6.07, 6.45) is -0.282. The highest BCUT2D eigenvalue weighted by Crippen LogP contribution is 2.14. The van der Waals surface area contributed by atoms with Crippen LogP contribution in [-0.2, 0) is 24.9 Å². The van der Waals surface area contributed by atoms with Gasteiger partial charge in [-0.1, -0.05) is 0 Å². The van der Waals surface area contributed by atoms with E-state index in [0.29, 0.717) is 0 Å². The molecule has 2 amide bonds. The van der Waals surface area contributed by atoms with Crippen molar-refractivity contribution in [2.24, 2.45) is 11.7 Å². The number of thiol groups is 1. The molecule has 0 aliphatic rings. The number of hydrogen-bond donors (Lipinski definition) is 3. The zero-order valence-electron chi connectivity index (χ0n) is 7.81. The first kappa shape index (κ1) is 14.1. The van der Waals surface area contributed by atoms with Gasteiger partial charge in [-0.05, 0) is 6.92 Å². The number of hydroxylamine groups is 1. The first-order chi connectivity index (χ1) is 6.84. The molecular formula is C6H11ClN2O5S. The molecule has 15 heavy (non-hydrogen) atoms. The maximum absolute atomic E-state index is 11.2. The van der Waals surface area contributed by atoms with Crippen molar-refractivity contribution in [2.75, 3.05) is 0 Å². The number of alkyl halides is 1. The molecule has 0 aromatic heterocycles. The van der Waals surface area contributed by atoms with Crippen LogP contribution in [0.4, 0.5) is 0 Å². The quantitative estimate of drug-likeness (QED) is 0.310. The fourth-order valence-corrected chi connectivity index (χ4v) is 1.21. The molecule has 7 nitrogen and oxygen atoms in total. The van der Waals surface area contributed by atoms with Gasteiger partial charge in [0.15, 0.2) is 0 Å². The molecule has 0 aromatic rings. The van der Waals surface area contributed by atoms with Gasteiger partial charge in [0.1, 0.15) is 0 Å². The van der Waals surface area contributed by atoms with Gasteiger partial charge in [-0.2, -0.15) is 4.28 Å². The molecule has 0 aliphatic carbocycles. The highest BCUT2D eigenvalue weighted by atomic mass is 35.5. The summed E-state index contributed by atoms with van der Waals surface area (Å²) >= 11 is 5.62. The van der Waals surface area contributed by atoms with E-state index in [-0.39, 0.29) is 6.42 Å². The normalized spacial score (nSPS) is 14.6. The van der Waals surface area contributed by atoms with Crippen molar-refractivity contribution in [1.29, 1.82) is 0 Å². The van der Waals surface area contributed by atoms with Crippen molar-refractivity contribution < 1.29 is 22.3 Å². The minimum absolute atomic E-state index is 0.282. The Morgan fingerprint density at radius 2 is 2.07 bits per heavy atom. The van der Waals surface area contributed by atoms with Gasteiger partial charge in [-0.25, -0.2) is 13.9 Å². The highest BCUT2D eigenvalue weighted by molar-refractivity contribution is 7.67. The van der Waals surface area contributed by atoms with Crippen molar-refractivity contribution in [1.82, 2.24) is 5.48 Å². The molecule has 88 valence electrons. The maximum Gasteiger partial charge on any atom is 0.277 e. The van der Waals surface area contributed by atoms with Crippen LogP contribution in [0.1, 0.15) is 13.3 Å². The molecule has 2 atom stereocenters. The number of primary amides is 1. The first-order valence-corrected chi connectivity index (χ1v) is 5.41. The third kappa shape index (κ3) is 6.26. The van der Waals surface area contributed by atoms with E-state index in [9.17, 15) is 18.0 Å². The number of carbonyl (C=O) groups excluding carboxylic acids is 2. The van der Waals surface area contributed by atoms with Gasteiger partial charge in [0.2, 0.25) is 11.8 Å². The van der Waals surface area contributed by atoms with Crippen LogP contribution in [-0.4, -0.2) is 25.6 Å². The summed E-state index contributed by atoms with van der Waals surface area (Å²) in [7, 11) is -3.19. The summed E-state index contributed by atoms with van der Waals surface area (Å²) in [6.45, 7) is 1.48. The number of halogens is 1. The van der Waals surface area contributed by atoms with Crippen LogP contribution in [0.15, 0.2) is 0 Å². The Morgan fingerprint density at radius 3 is 2.40 bits per heavy atom. The van der Waals surface area contributed by atoms with Crippen molar-refractivity contribution in [3.63, 3.8) is 0 Å². The average Bonchev–Trinajstić information content (AvgIpc) is 2.09. The van der Waals surface area contributed by atoms with E-state index in [1.165, 1.54) is 6.92 Å². The molecule has 0 radical (unpaired) electrons. The van der Waals surface area contributed by atoms with Gasteiger partial charge in [0, 0.05) is 11.8 Å². The fourth-order valence-electron chi connectivity index (χ4n) is 0.838. The summed E-state index contributed by atoms with van der Waals surface area (Å²) in [4.78, 5) is 21.8. The SMILES string of the molecule is CC(Cl)C(CC(N)=O)C(=O)NO[SH](=O)=O. The molecule has 0 spiro atoms. The zero-order chi connectivity index (χ0) is 12.0. The second-order valence-corrected chi connectivity index (χ2v) is 4.05. The second-order valence-electron chi connectivity index (χ2n) is 2.74. The van der Waals surface area contributed by atoms with Gasteiger partial charge >= 0.3 is 0 Å². The van der Waals surface area contributed by atoms with Gasteiger partial charge < -0.3 is 5.73 Å². The Bertz CT molecular complexity index is 309. The summed E-state index contributed by atoms with van der Waals surface area (Å²) in [5.41, 5.74) is 6.53. The summed E-state index contributed by atoms with van der Waals surface area (Å²) in [6, 6.07) is 0. The molecular weight excluding hydrogens is 248 g/mol. The standard InChI is InChI=1S/C6H11ClN2O5S/c1-3(7)4(2-5(8)10)6(11)9-14-15(12)13/h3-4,15H,2H2,1H3,(H2,8,10)(H,9,11). The lowest BCUT2D eigenvalue weighted by Gasteiger charge is -2.15. The van der Waals surface area contributed by atoms with Gasteiger partial charge in [0.05, 0.1) is 5.92 Å². The number of amides is 2. The molecule has 0 heterocycles. The predicted octanol–water partition coefficient (Wildman–Crippen LogP) is -1.32. The lowest BCUT2D eigenvalue weighted by Crippen LogP contribution is -2.37. The summed E-state index contributed by atoms with van der Waals surface area (Å²) in [5, 5.41) is -0.675. The van der Waals surface area contributed by atoms with Crippen LogP contribution in [0.25, 0.3) is 0 Å². The molecule has 0 saturated carbocycles. The first-order valence-electron chi connectivity index (χ1n) is 3.88. The molecule has 9 heteroatoms. The molecule has 2 unspecified atom stereocenters. The van der Waals surface area contributed by atoms with E-state index in [1.807, 2.05) is 0 Å². The highest BCUT2D eigenvalue weighted by Gasteiger charge is 2.26. The predicted molar refractivity (Wildman–Crippen MR) is 52.2 cm³/mol. The minimum Gasteiger partial charge on any atom is -0.370 e. The second kappa shape index (κ2) is 6.59. The third-order valence-electron chi connectivity index (χ3n) is 1.53. The zero-order valence-corrected chi connectivity index (χ0v) is 9.46. The van der Waals surface area contributed by atoms with Crippen LogP contribution < -0.4 is 11.2 Å². The number of hydrogen-bond acceptors (Lipinski definition) is 5. The Labute approximate surface area is 93.0 Å². The van der Waals surface area contributed by atoms with E-state index in [1.54, 1.807) is 5.48 Å². The van der Waals surface area contributed by atoms with Crippen molar-refractivity contribution in [3.8, 4) is 0 Å². The topological polar surface area (TPSA) is 116 Å². The molecule has 0 aliphatic heterocycles. The Balaban J connectivity index is 4.35. The maximum atomic E-state index is 11.2.